The third kappa shape index (κ3) is 2.15. The summed E-state index contributed by atoms with van der Waals surface area (Å²) in [7, 11) is 0. The van der Waals surface area contributed by atoms with Gasteiger partial charge >= 0.3 is 6.18 Å². The Morgan fingerprint density at radius 3 is 2.35 bits per heavy atom. The molecule has 0 bridgehead atoms. The Morgan fingerprint density at radius 1 is 1.05 bits per heavy atom. The third-order valence-electron chi connectivity index (χ3n) is 3.65. The first-order valence-corrected chi connectivity index (χ1v) is 6.50. The molecular weight excluding hydrogens is 267 g/mol. The number of fused-ring (bicyclic) bond motifs is 1. The van der Waals surface area contributed by atoms with Gasteiger partial charge in [-0.3, -0.25) is 0 Å². The molecule has 0 aliphatic heterocycles. The van der Waals surface area contributed by atoms with Crippen molar-refractivity contribution in [2.45, 2.75) is 31.9 Å². The lowest BCUT2D eigenvalue weighted by atomic mass is 9.97. The Balaban J connectivity index is 2.01. The quantitative estimate of drug-likeness (QED) is 0.871. The zero-order chi connectivity index (χ0) is 14.3. The topological polar surface area (TPSA) is 43.8 Å². The molecule has 3 rings (SSSR count). The Kier molecular flexibility index (Phi) is 2.96. The van der Waals surface area contributed by atoms with Crippen LogP contribution in [0.4, 0.5) is 19.0 Å². The molecule has 1 aliphatic rings. The SMILES string of the molecule is Nc1nn(-c2ccc(C(F)(F)F)cc2)c2c1CCCC2. The van der Waals surface area contributed by atoms with Gasteiger partial charge in [0, 0.05) is 11.3 Å². The fourth-order valence-electron chi connectivity index (χ4n) is 2.63. The highest BCUT2D eigenvalue weighted by molar-refractivity contribution is 5.48. The molecule has 0 saturated carbocycles. The van der Waals surface area contributed by atoms with Crippen molar-refractivity contribution in [3.05, 3.63) is 41.1 Å². The molecule has 1 heterocycles. The Morgan fingerprint density at radius 2 is 1.70 bits per heavy atom. The van der Waals surface area contributed by atoms with Gasteiger partial charge in [-0.25, -0.2) is 4.68 Å². The molecule has 2 aromatic rings. The second-order valence-corrected chi connectivity index (χ2v) is 4.97. The predicted molar refractivity (Wildman–Crippen MR) is 69.6 cm³/mol. The number of hydrogen-bond acceptors (Lipinski definition) is 2. The number of anilines is 1. The van der Waals surface area contributed by atoms with Crippen molar-refractivity contribution in [1.82, 2.24) is 9.78 Å². The smallest absolute Gasteiger partial charge is 0.382 e. The largest absolute Gasteiger partial charge is 0.416 e. The summed E-state index contributed by atoms with van der Waals surface area (Å²) in [4.78, 5) is 0. The molecule has 20 heavy (non-hydrogen) atoms. The van der Waals surface area contributed by atoms with Crippen LogP contribution in [0.25, 0.3) is 5.69 Å². The molecule has 0 radical (unpaired) electrons. The number of halogens is 3. The van der Waals surface area contributed by atoms with Crippen LogP contribution >= 0.6 is 0 Å². The van der Waals surface area contributed by atoms with Gasteiger partial charge in [0.15, 0.2) is 0 Å². The lowest BCUT2D eigenvalue weighted by molar-refractivity contribution is -0.137. The highest BCUT2D eigenvalue weighted by Crippen LogP contribution is 2.31. The van der Waals surface area contributed by atoms with Crippen LogP contribution < -0.4 is 5.73 Å². The number of rotatable bonds is 1. The van der Waals surface area contributed by atoms with E-state index in [9.17, 15) is 13.2 Å². The van der Waals surface area contributed by atoms with E-state index in [-0.39, 0.29) is 0 Å². The van der Waals surface area contributed by atoms with Crippen LogP contribution in [0.15, 0.2) is 24.3 Å². The lowest BCUT2D eigenvalue weighted by Crippen LogP contribution is -2.09. The maximum absolute atomic E-state index is 12.6. The molecule has 1 aromatic carbocycles. The second-order valence-electron chi connectivity index (χ2n) is 4.97. The van der Waals surface area contributed by atoms with Gasteiger partial charge in [-0.15, -0.1) is 0 Å². The molecule has 106 valence electrons. The van der Waals surface area contributed by atoms with Crippen molar-refractivity contribution < 1.29 is 13.2 Å². The summed E-state index contributed by atoms with van der Waals surface area (Å²) in [5, 5.41) is 4.27. The summed E-state index contributed by atoms with van der Waals surface area (Å²) in [5.74, 6) is 0.486. The number of benzene rings is 1. The summed E-state index contributed by atoms with van der Waals surface area (Å²) in [6.45, 7) is 0. The third-order valence-corrected chi connectivity index (χ3v) is 3.65. The standard InChI is InChI=1S/C14H14F3N3/c15-14(16,17)9-5-7-10(8-6-9)20-12-4-2-1-3-11(12)13(18)19-20/h5-8H,1-4H2,(H2,18,19). The van der Waals surface area contributed by atoms with E-state index in [1.54, 1.807) is 4.68 Å². The Labute approximate surface area is 114 Å². The number of hydrogen-bond donors (Lipinski definition) is 1. The van der Waals surface area contributed by atoms with E-state index in [0.717, 1.165) is 49.1 Å². The van der Waals surface area contributed by atoms with Crippen LogP contribution in [0.2, 0.25) is 0 Å². The van der Waals surface area contributed by atoms with E-state index in [1.807, 2.05) is 0 Å². The molecule has 0 fully saturated rings. The van der Waals surface area contributed by atoms with Crippen LogP contribution in [-0.2, 0) is 19.0 Å². The second kappa shape index (κ2) is 4.54. The van der Waals surface area contributed by atoms with E-state index in [1.165, 1.54) is 12.1 Å². The highest BCUT2D eigenvalue weighted by Gasteiger charge is 2.30. The maximum Gasteiger partial charge on any atom is 0.416 e. The fraction of sp³-hybridized carbons (Fsp3) is 0.357. The molecule has 2 N–H and O–H groups in total. The van der Waals surface area contributed by atoms with Gasteiger partial charge in [-0.1, -0.05) is 0 Å². The summed E-state index contributed by atoms with van der Waals surface area (Å²) < 4.78 is 39.3. The normalized spacial score (nSPS) is 15.2. The molecule has 3 nitrogen and oxygen atoms in total. The first kappa shape index (κ1) is 13.0. The fourth-order valence-corrected chi connectivity index (χ4v) is 2.63. The predicted octanol–water partition coefficient (Wildman–Crippen LogP) is 3.35. The van der Waals surface area contributed by atoms with Crippen molar-refractivity contribution in [2.24, 2.45) is 0 Å². The molecule has 1 aromatic heterocycles. The Hall–Kier alpha value is -1.98. The first-order valence-electron chi connectivity index (χ1n) is 6.50. The summed E-state index contributed by atoms with van der Waals surface area (Å²) in [5.41, 5.74) is 7.91. The number of nitrogens with two attached hydrogens (primary N) is 1. The minimum absolute atomic E-state index is 0.486. The zero-order valence-corrected chi connectivity index (χ0v) is 10.7. The minimum atomic E-state index is -4.32. The molecule has 0 atom stereocenters. The van der Waals surface area contributed by atoms with E-state index in [2.05, 4.69) is 5.10 Å². The lowest BCUT2D eigenvalue weighted by Gasteiger charge is -2.14. The van der Waals surface area contributed by atoms with Gasteiger partial charge < -0.3 is 5.73 Å². The monoisotopic (exact) mass is 281 g/mol. The van der Waals surface area contributed by atoms with Crippen LogP contribution in [-0.4, -0.2) is 9.78 Å². The van der Waals surface area contributed by atoms with E-state index in [4.69, 9.17) is 5.73 Å². The number of aromatic nitrogens is 2. The van der Waals surface area contributed by atoms with Gasteiger partial charge in [0.25, 0.3) is 0 Å². The van der Waals surface area contributed by atoms with Crippen molar-refractivity contribution in [2.75, 3.05) is 5.73 Å². The molecule has 0 unspecified atom stereocenters. The molecular formula is C14H14F3N3. The molecule has 0 saturated heterocycles. The van der Waals surface area contributed by atoms with Crippen molar-refractivity contribution in [3.8, 4) is 5.69 Å². The summed E-state index contributed by atoms with van der Waals surface area (Å²) in [6.07, 6.45) is -0.432. The van der Waals surface area contributed by atoms with Crippen LogP contribution in [0.3, 0.4) is 0 Å². The maximum atomic E-state index is 12.6. The van der Waals surface area contributed by atoms with Gasteiger partial charge in [-0.2, -0.15) is 18.3 Å². The molecule has 0 amide bonds. The van der Waals surface area contributed by atoms with Gasteiger partial charge in [-0.05, 0) is 49.9 Å². The minimum Gasteiger partial charge on any atom is -0.382 e. The van der Waals surface area contributed by atoms with Crippen molar-refractivity contribution >= 4 is 5.82 Å². The average Bonchev–Trinajstić information content (AvgIpc) is 2.76. The summed E-state index contributed by atoms with van der Waals surface area (Å²) >= 11 is 0. The van der Waals surface area contributed by atoms with Gasteiger partial charge in [0.2, 0.25) is 0 Å². The van der Waals surface area contributed by atoms with Gasteiger partial charge in [0.1, 0.15) is 5.82 Å². The summed E-state index contributed by atoms with van der Waals surface area (Å²) in [6, 6.07) is 5.01. The molecule has 0 spiro atoms. The van der Waals surface area contributed by atoms with E-state index in [0.29, 0.717) is 11.5 Å². The first-order chi connectivity index (χ1) is 9.47. The number of nitrogen functional groups attached to an aromatic ring is 1. The van der Waals surface area contributed by atoms with Crippen LogP contribution in [0.5, 0.6) is 0 Å². The Bertz CT molecular complexity index is 626. The van der Waals surface area contributed by atoms with E-state index < -0.39 is 11.7 Å². The van der Waals surface area contributed by atoms with Crippen LogP contribution in [0.1, 0.15) is 29.7 Å². The molecule has 6 heteroatoms. The highest BCUT2D eigenvalue weighted by atomic mass is 19.4. The zero-order valence-electron chi connectivity index (χ0n) is 10.7. The van der Waals surface area contributed by atoms with Crippen molar-refractivity contribution in [1.29, 1.82) is 0 Å². The van der Waals surface area contributed by atoms with Gasteiger partial charge in [0.05, 0.1) is 11.3 Å². The van der Waals surface area contributed by atoms with Crippen molar-refractivity contribution in [3.63, 3.8) is 0 Å². The average molecular weight is 281 g/mol. The van der Waals surface area contributed by atoms with Crippen LogP contribution in [0, 0.1) is 0 Å². The number of alkyl halides is 3. The van der Waals surface area contributed by atoms with E-state index >= 15 is 0 Å². The number of nitrogens with zero attached hydrogens (tertiary/aromatic N) is 2. The molecule has 1 aliphatic carbocycles.